The maximum absolute atomic E-state index is 11.5. The Bertz CT molecular complexity index is 819. The molecule has 2 aromatic rings. The highest BCUT2D eigenvalue weighted by Gasteiger charge is 2.22. The molecule has 0 bridgehead atoms. The lowest BCUT2D eigenvalue weighted by molar-refractivity contribution is -0.130. The van der Waals surface area contributed by atoms with Crippen LogP contribution in [-0.4, -0.2) is 43.9 Å². The topological polar surface area (TPSA) is 66.8 Å². The molecule has 7 heteroatoms. The fraction of sp³-hybridized carbons (Fsp3) is 0.421. The van der Waals surface area contributed by atoms with Crippen LogP contribution in [0.3, 0.4) is 0 Å². The SMILES string of the molecule is CC(=O)N1CCC(n2cc(Cc3cc(Cl)cc[nH]ncc3C)cn2)CC1. The Hall–Kier alpha value is -2.34. The lowest BCUT2D eigenvalue weighted by Gasteiger charge is -2.31. The molecule has 1 aliphatic rings. The third kappa shape index (κ3) is 4.64. The highest BCUT2D eigenvalue weighted by molar-refractivity contribution is 6.30. The molecule has 0 aromatic carbocycles. The predicted molar refractivity (Wildman–Crippen MR) is 102 cm³/mol. The maximum atomic E-state index is 11.5. The number of carbonyl (C=O) groups excluding carboxylic acids is 1. The fourth-order valence-corrected chi connectivity index (χ4v) is 3.42. The number of hydrogen-bond donors (Lipinski definition) is 1. The van der Waals surface area contributed by atoms with E-state index in [1.807, 2.05) is 28.8 Å². The largest absolute Gasteiger partial charge is 0.343 e. The first-order valence-corrected chi connectivity index (χ1v) is 9.21. The lowest BCUT2D eigenvalue weighted by Crippen LogP contribution is -2.37. The number of aromatic amines is 1. The summed E-state index contributed by atoms with van der Waals surface area (Å²) in [4.78, 5) is 13.4. The molecule has 3 heterocycles. The molecule has 0 unspecified atom stereocenters. The summed E-state index contributed by atoms with van der Waals surface area (Å²) in [5.74, 6) is 0.154. The Kier molecular flexibility index (Phi) is 5.93. The lowest BCUT2D eigenvalue weighted by atomic mass is 10.0. The van der Waals surface area contributed by atoms with Gasteiger partial charge in [0.05, 0.1) is 18.4 Å². The zero-order valence-electron chi connectivity index (χ0n) is 15.2. The number of amides is 1. The van der Waals surface area contributed by atoms with Crippen molar-refractivity contribution in [2.24, 2.45) is 0 Å². The number of aryl methyl sites for hydroxylation is 1. The zero-order valence-corrected chi connectivity index (χ0v) is 15.9. The summed E-state index contributed by atoms with van der Waals surface area (Å²) in [6, 6.07) is 4.10. The van der Waals surface area contributed by atoms with Crippen molar-refractivity contribution in [3.8, 4) is 0 Å². The average molecular weight is 374 g/mol. The first-order valence-electron chi connectivity index (χ1n) is 8.83. The van der Waals surface area contributed by atoms with Gasteiger partial charge in [-0.15, -0.1) is 0 Å². The first-order chi connectivity index (χ1) is 12.5. The van der Waals surface area contributed by atoms with Crippen LogP contribution >= 0.6 is 11.6 Å². The number of hydrogen-bond acceptors (Lipinski definition) is 3. The minimum absolute atomic E-state index is 0.154. The van der Waals surface area contributed by atoms with Gasteiger partial charge in [0.15, 0.2) is 0 Å². The van der Waals surface area contributed by atoms with Gasteiger partial charge in [-0.25, -0.2) is 0 Å². The summed E-state index contributed by atoms with van der Waals surface area (Å²) >= 11 is 6.25. The summed E-state index contributed by atoms with van der Waals surface area (Å²) < 4.78 is 2.04. The number of likely N-dealkylation sites (tertiary alicyclic amines) is 1. The van der Waals surface area contributed by atoms with Crippen molar-refractivity contribution in [2.45, 2.75) is 39.2 Å². The van der Waals surface area contributed by atoms with Crippen LogP contribution in [0.1, 0.15) is 42.5 Å². The van der Waals surface area contributed by atoms with Crippen LogP contribution in [0.15, 0.2) is 36.9 Å². The van der Waals surface area contributed by atoms with E-state index in [1.54, 1.807) is 25.4 Å². The van der Waals surface area contributed by atoms with Crippen molar-refractivity contribution < 1.29 is 4.79 Å². The van der Waals surface area contributed by atoms with Gasteiger partial charge < -0.3 is 4.90 Å². The number of carbonyl (C=O) groups is 1. The molecule has 1 N–H and O–H groups in total. The van der Waals surface area contributed by atoms with Crippen LogP contribution in [0, 0.1) is 6.92 Å². The van der Waals surface area contributed by atoms with E-state index in [0.29, 0.717) is 11.1 Å². The number of piperidine rings is 1. The Balaban J connectivity index is 1.75. The quantitative estimate of drug-likeness (QED) is 0.895. The van der Waals surface area contributed by atoms with E-state index in [-0.39, 0.29) is 5.91 Å². The normalized spacial score (nSPS) is 15.0. The van der Waals surface area contributed by atoms with Gasteiger partial charge in [0.2, 0.25) is 5.91 Å². The van der Waals surface area contributed by atoms with Gasteiger partial charge in [0.25, 0.3) is 0 Å². The number of nitrogens with zero attached hydrogens (tertiary/aromatic N) is 4. The molecule has 6 nitrogen and oxygen atoms in total. The van der Waals surface area contributed by atoms with Gasteiger partial charge in [0, 0.05) is 43.9 Å². The molecular weight excluding hydrogens is 350 g/mol. The highest BCUT2D eigenvalue weighted by Crippen LogP contribution is 2.23. The molecule has 0 radical (unpaired) electrons. The molecule has 0 aliphatic carbocycles. The van der Waals surface area contributed by atoms with E-state index in [0.717, 1.165) is 49.0 Å². The molecular formula is C19H24ClN5O. The molecule has 3 rings (SSSR count). The molecule has 1 fully saturated rings. The van der Waals surface area contributed by atoms with Gasteiger partial charge in [-0.3, -0.25) is 14.6 Å². The van der Waals surface area contributed by atoms with Crippen LogP contribution in [0.2, 0.25) is 5.02 Å². The summed E-state index contributed by atoms with van der Waals surface area (Å²) in [6.07, 6.45) is 10.2. The minimum atomic E-state index is 0.154. The number of aromatic nitrogens is 4. The van der Waals surface area contributed by atoms with E-state index >= 15 is 0 Å². The number of H-pyrrole nitrogens is 1. The second-order valence-electron chi connectivity index (χ2n) is 6.70. The molecule has 0 spiro atoms. The number of halogens is 1. The summed E-state index contributed by atoms with van der Waals surface area (Å²) in [5, 5.41) is 12.2. The van der Waals surface area contributed by atoms with Gasteiger partial charge in [-0.1, -0.05) is 11.6 Å². The van der Waals surface area contributed by atoms with E-state index in [9.17, 15) is 4.79 Å². The predicted octanol–water partition coefficient (Wildman–Crippen LogP) is 3.47. The smallest absolute Gasteiger partial charge is 0.219 e. The molecule has 2 aromatic heterocycles. The third-order valence-electron chi connectivity index (χ3n) is 4.80. The summed E-state index contributed by atoms with van der Waals surface area (Å²) in [5.41, 5.74) is 3.30. The standard InChI is InChI=1S/C19H24ClN5O/c1-14-11-22-21-6-3-18(20)10-17(14)9-16-12-23-25(13-16)19-4-7-24(8-5-19)15(2)26/h3,6,10-13,19,21H,4-5,7-9H2,1-2H3. The molecule has 138 valence electrons. The van der Waals surface area contributed by atoms with Crippen molar-refractivity contribution in [3.63, 3.8) is 0 Å². The van der Waals surface area contributed by atoms with E-state index in [2.05, 4.69) is 21.5 Å². The molecule has 26 heavy (non-hydrogen) atoms. The highest BCUT2D eigenvalue weighted by atomic mass is 35.5. The Morgan fingerprint density at radius 1 is 1.35 bits per heavy atom. The molecule has 1 amide bonds. The van der Waals surface area contributed by atoms with Crippen LogP contribution in [0.25, 0.3) is 0 Å². The molecule has 1 aliphatic heterocycles. The van der Waals surface area contributed by atoms with Crippen molar-refractivity contribution in [3.05, 3.63) is 58.6 Å². The molecule has 1 saturated heterocycles. The third-order valence-corrected chi connectivity index (χ3v) is 5.04. The van der Waals surface area contributed by atoms with Crippen LogP contribution in [0.4, 0.5) is 0 Å². The maximum Gasteiger partial charge on any atom is 0.219 e. The van der Waals surface area contributed by atoms with Crippen LogP contribution in [-0.2, 0) is 11.2 Å². The second-order valence-corrected chi connectivity index (χ2v) is 7.14. The van der Waals surface area contributed by atoms with Crippen molar-refractivity contribution in [1.29, 1.82) is 0 Å². The number of nitrogens with one attached hydrogen (secondary N) is 1. The summed E-state index contributed by atoms with van der Waals surface area (Å²) in [7, 11) is 0. The molecule has 0 saturated carbocycles. The van der Waals surface area contributed by atoms with Gasteiger partial charge in [0.1, 0.15) is 0 Å². The molecule has 0 atom stereocenters. The first kappa shape index (κ1) is 18.5. The van der Waals surface area contributed by atoms with E-state index in [4.69, 9.17) is 11.6 Å². The number of rotatable bonds is 3. The summed E-state index contributed by atoms with van der Waals surface area (Å²) in [6.45, 7) is 5.25. The fourth-order valence-electron chi connectivity index (χ4n) is 3.23. The van der Waals surface area contributed by atoms with Crippen molar-refractivity contribution >= 4 is 17.5 Å². The van der Waals surface area contributed by atoms with Gasteiger partial charge >= 0.3 is 0 Å². The van der Waals surface area contributed by atoms with E-state index < -0.39 is 0 Å². The van der Waals surface area contributed by atoms with Crippen molar-refractivity contribution in [2.75, 3.05) is 13.1 Å². The van der Waals surface area contributed by atoms with Crippen molar-refractivity contribution in [1.82, 2.24) is 24.9 Å². The Morgan fingerprint density at radius 2 is 2.12 bits per heavy atom. The minimum Gasteiger partial charge on any atom is -0.343 e. The Morgan fingerprint density at radius 3 is 2.85 bits per heavy atom. The van der Waals surface area contributed by atoms with Crippen LogP contribution < -0.4 is 0 Å². The van der Waals surface area contributed by atoms with Gasteiger partial charge in [-0.05, 0) is 48.6 Å². The van der Waals surface area contributed by atoms with E-state index in [1.165, 1.54) is 0 Å². The Labute approximate surface area is 158 Å². The van der Waals surface area contributed by atoms with Crippen LogP contribution in [0.5, 0.6) is 0 Å². The zero-order chi connectivity index (χ0) is 18.5. The second kappa shape index (κ2) is 8.36. The monoisotopic (exact) mass is 373 g/mol. The average Bonchev–Trinajstić information content (AvgIpc) is 3.10. The van der Waals surface area contributed by atoms with Gasteiger partial charge in [-0.2, -0.15) is 10.2 Å².